The van der Waals surface area contributed by atoms with Gasteiger partial charge in [-0.15, -0.1) is 0 Å². The fourth-order valence-electron chi connectivity index (χ4n) is 2.40. The smallest absolute Gasteiger partial charge is 0.325 e. The molecule has 5 nitrogen and oxygen atoms in total. The number of carboxylic acids is 1. The van der Waals surface area contributed by atoms with Gasteiger partial charge < -0.3 is 9.63 Å². The van der Waals surface area contributed by atoms with E-state index in [1.54, 1.807) is 12.1 Å². The Bertz CT molecular complexity index is 573. The van der Waals surface area contributed by atoms with Gasteiger partial charge in [0, 0.05) is 11.6 Å². The van der Waals surface area contributed by atoms with E-state index in [9.17, 15) is 9.90 Å². The molecule has 0 radical (unpaired) electrons. The number of hydrogen-bond donors (Lipinski definition) is 2. The van der Waals surface area contributed by atoms with Gasteiger partial charge in [-0.3, -0.25) is 10.1 Å². The normalized spacial score (nSPS) is 13.9. The van der Waals surface area contributed by atoms with Gasteiger partial charge in [-0.1, -0.05) is 35.5 Å². The lowest BCUT2D eigenvalue weighted by molar-refractivity contribution is -0.139. The lowest BCUT2D eigenvalue weighted by Gasteiger charge is -2.20. The van der Waals surface area contributed by atoms with Crippen molar-refractivity contribution in [1.29, 1.82) is 0 Å². The van der Waals surface area contributed by atoms with E-state index in [0.29, 0.717) is 5.76 Å². The largest absolute Gasteiger partial charge is 0.480 e. The number of hydrogen-bond acceptors (Lipinski definition) is 4. The van der Waals surface area contributed by atoms with Gasteiger partial charge in [-0.25, -0.2) is 0 Å². The third-order valence-electron chi connectivity index (χ3n) is 3.32. The summed E-state index contributed by atoms with van der Waals surface area (Å²) in [5, 5.41) is 16.4. The van der Waals surface area contributed by atoms with Crippen LogP contribution in [0.2, 0.25) is 0 Å². The molecule has 1 aromatic heterocycles. The Morgan fingerprint density at radius 3 is 2.45 bits per heavy atom. The highest BCUT2D eigenvalue weighted by Crippen LogP contribution is 2.24. The van der Waals surface area contributed by atoms with Crippen LogP contribution in [0.15, 0.2) is 34.9 Å². The van der Waals surface area contributed by atoms with Crippen LogP contribution in [0.1, 0.15) is 41.6 Å². The number of aryl methyl sites for hydroxylation is 2. The van der Waals surface area contributed by atoms with Gasteiger partial charge in [0.05, 0.1) is 5.69 Å². The predicted octanol–water partition coefficient (Wildman–Crippen LogP) is 2.77. The second kappa shape index (κ2) is 5.88. The maximum absolute atomic E-state index is 11.5. The van der Waals surface area contributed by atoms with Crippen LogP contribution in [0.25, 0.3) is 0 Å². The first-order valence-corrected chi connectivity index (χ1v) is 6.47. The van der Waals surface area contributed by atoms with Crippen molar-refractivity contribution in [3.63, 3.8) is 0 Å². The molecule has 1 heterocycles. The number of carboxylic acid groups (broad SMARTS) is 1. The topological polar surface area (TPSA) is 75.4 Å². The predicted molar refractivity (Wildman–Crippen MR) is 74.3 cm³/mol. The second-order valence-corrected chi connectivity index (χ2v) is 4.81. The van der Waals surface area contributed by atoms with E-state index >= 15 is 0 Å². The molecule has 2 rings (SSSR count). The summed E-state index contributed by atoms with van der Waals surface area (Å²) in [5.74, 6) is -0.200. The van der Waals surface area contributed by atoms with Crippen molar-refractivity contribution in [1.82, 2.24) is 10.5 Å². The van der Waals surface area contributed by atoms with E-state index in [0.717, 1.165) is 16.8 Å². The third-order valence-corrected chi connectivity index (χ3v) is 3.32. The maximum atomic E-state index is 11.5. The molecule has 0 amide bonds. The van der Waals surface area contributed by atoms with Gasteiger partial charge in [-0.2, -0.15) is 0 Å². The summed E-state index contributed by atoms with van der Waals surface area (Å²) in [6, 6.07) is 8.18. The Kier molecular flexibility index (Phi) is 4.20. The molecule has 0 spiro atoms. The van der Waals surface area contributed by atoms with Crippen LogP contribution in [0, 0.1) is 13.8 Å². The summed E-state index contributed by atoms with van der Waals surface area (Å²) < 4.78 is 5.13. The van der Waals surface area contributed by atoms with E-state index in [2.05, 4.69) is 10.5 Å². The highest BCUT2D eigenvalue weighted by Gasteiger charge is 2.25. The van der Waals surface area contributed by atoms with Crippen molar-refractivity contribution in [2.45, 2.75) is 32.9 Å². The van der Waals surface area contributed by atoms with Crippen molar-refractivity contribution in [3.05, 3.63) is 52.9 Å². The molecule has 0 saturated heterocycles. The van der Waals surface area contributed by atoms with Crippen LogP contribution in [0.5, 0.6) is 0 Å². The van der Waals surface area contributed by atoms with Gasteiger partial charge in [0.25, 0.3) is 0 Å². The van der Waals surface area contributed by atoms with Crippen molar-refractivity contribution >= 4 is 5.97 Å². The van der Waals surface area contributed by atoms with Crippen LogP contribution < -0.4 is 5.32 Å². The summed E-state index contributed by atoms with van der Waals surface area (Å²) in [6.07, 6.45) is 0. The molecule has 0 bridgehead atoms. The van der Waals surface area contributed by atoms with Gasteiger partial charge >= 0.3 is 5.97 Å². The van der Waals surface area contributed by atoms with Crippen molar-refractivity contribution < 1.29 is 14.4 Å². The van der Waals surface area contributed by atoms with Crippen LogP contribution in [-0.4, -0.2) is 16.2 Å². The number of carbonyl (C=O) groups is 1. The van der Waals surface area contributed by atoms with E-state index < -0.39 is 12.0 Å². The van der Waals surface area contributed by atoms with E-state index in [1.807, 2.05) is 39.0 Å². The zero-order valence-corrected chi connectivity index (χ0v) is 11.8. The SMILES string of the molecule is Cc1noc(C)c1C(C)NC(C(=O)O)c1ccccc1. The van der Waals surface area contributed by atoms with Crippen molar-refractivity contribution in [2.24, 2.45) is 0 Å². The summed E-state index contributed by atoms with van der Waals surface area (Å²) in [6.45, 7) is 5.58. The average Bonchev–Trinajstić information content (AvgIpc) is 2.76. The molecule has 2 unspecified atom stereocenters. The summed E-state index contributed by atoms with van der Waals surface area (Å²) in [5.41, 5.74) is 2.41. The molecule has 0 aliphatic carbocycles. The van der Waals surface area contributed by atoms with Crippen LogP contribution in [0.3, 0.4) is 0 Å². The van der Waals surface area contributed by atoms with Gasteiger partial charge in [-0.05, 0) is 26.3 Å². The molecular weight excluding hydrogens is 256 g/mol. The Labute approximate surface area is 117 Å². The second-order valence-electron chi connectivity index (χ2n) is 4.81. The van der Waals surface area contributed by atoms with Crippen LogP contribution in [-0.2, 0) is 4.79 Å². The standard InChI is InChI=1S/C15H18N2O3/c1-9(13-10(2)17-20-11(13)3)16-14(15(18)19)12-7-5-4-6-8-12/h4-9,14,16H,1-3H3,(H,18,19). The maximum Gasteiger partial charge on any atom is 0.325 e. The molecule has 1 aromatic carbocycles. The molecule has 2 N–H and O–H groups in total. The van der Waals surface area contributed by atoms with E-state index in [-0.39, 0.29) is 6.04 Å². The first-order valence-electron chi connectivity index (χ1n) is 6.47. The molecule has 0 fully saturated rings. The van der Waals surface area contributed by atoms with E-state index in [4.69, 9.17) is 4.52 Å². The third kappa shape index (κ3) is 2.88. The number of nitrogens with one attached hydrogen (secondary N) is 1. The number of aromatic nitrogens is 1. The van der Waals surface area contributed by atoms with Crippen LogP contribution >= 0.6 is 0 Å². The molecule has 0 saturated carbocycles. The summed E-state index contributed by atoms with van der Waals surface area (Å²) >= 11 is 0. The molecule has 0 aliphatic heterocycles. The average molecular weight is 274 g/mol. The minimum atomic E-state index is -0.908. The number of rotatable bonds is 5. The zero-order chi connectivity index (χ0) is 14.7. The molecular formula is C15H18N2O3. The number of nitrogens with zero attached hydrogens (tertiary/aromatic N) is 1. The van der Waals surface area contributed by atoms with E-state index in [1.165, 1.54) is 0 Å². The Balaban J connectivity index is 2.24. The Morgan fingerprint density at radius 1 is 1.30 bits per heavy atom. The molecule has 106 valence electrons. The highest BCUT2D eigenvalue weighted by atomic mass is 16.5. The lowest BCUT2D eigenvalue weighted by atomic mass is 10.0. The zero-order valence-electron chi connectivity index (χ0n) is 11.8. The van der Waals surface area contributed by atoms with Gasteiger partial charge in [0.15, 0.2) is 0 Å². The molecule has 2 atom stereocenters. The summed E-state index contributed by atoms with van der Waals surface area (Å²) in [4.78, 5) is 11.5. The fourth-order valence-corrected chi connectivity index (χ4v) is 2.40. The first-order chi connectivity index (χ1) is 9.50. The number of aliphatic carboxylic acids is 1. The summed E-state index contributed by atoms with van der Waals surface area (Å²) in [7, 11) is 0. The highest BCUT2D eigenvalue weighted by molar-refractivity contribution is 5.75. The molecule has 2 aromatic rings. The number of benzene rings is 1. The van der Waals surface area contributed by atoms with Crippen molar-refractivity contribution in [3.8, 4) is 0 Å². The quantitative estimate of drug-likeness (QED) is 0.876. The van der Waals surface area contributed by atoms with Crippen molar-refractivity contribution in [2.75, 3.05) is 0 Å². The first kappa shape index (κ1) is 14.3. The lowest BCUT2D eigenvalue weighted by Crippen LogP contribution is -2.31. The van der Waals surface area contributed by atoms with Gasteiger partial charge in [0.1, 0.15) is 11.8 Å². The fraction of sp³-hybridized carbons (Fsp3) is 0.333. The molecule has 5 heteroatoms. The molecule has 0 aliphatic rings. The molecule has 20 heavy (non-hydrogen) atoms. The van der Waals surface area contributed by atoms with Crippen LogP contribution in [0.4, 0.5) is 0 Å². The minimum Gasteiger partial charge on any atom is -0.480 e. The van der Waals surface area contributed by atoms with Gasteiger partial charge in [0.2, 0.25) is 0 Å². The Hall–Kier alpha value is -2.14. The Morgan fingerprint density at radius 2 is 1.95 bits per heavy atom. The monoisotopic (exact) mass is 274 g/mol. The minimum absolute atomic E-state index is 0.164.